The molecule has 1 aromatic heterocycles. The maximum atomic E-state index is 4.76. The number of pyridine rings is 1. The molecule has 0 fully saturated rings. The van der Waals surface area contributed by atoms with E-state index < -0.39 is 8.07 Å². The quantitative estimate of drug-likeness (QED) is 0.475. The van der Waals surface area contributed by atoms with Crippen LogP contribution in [0.15, 0.2) is 48.7 Å². The third-order valence-electron chi connectivity index (χ3n) is 4.75. The Bertz CT molecular complexity index is 904. The van der Waals surface area contributed by atoms with Crippen LogP contribution >= 0.6 is 0 Å². The highest BCUT2D eigenvalue weighted by atomic mass is 28.3. The maximum Gasteiger partial charge on any atom is 0.0705 e. The van der Waals surface area contributed by atoms with Crippen molar-refractivity contribution in [1.29, 1.82) is 0 Å². The zero-order valence-corrected chi connectivity index (χ0v) is 17.4. The molecule has 0 N–H and O–H groups in total. The van der Waals surface area contributed by atoms with Gasteiger partial charge in [-0.1, -0.05) is 57.8 Å². The average Bonchev–Trinajstić information content (AvgIpc) is 2.54. The smallest absolute Gasteiger partial charge is 0.0705 e. The first-order valence-electron chi connectivity index (χ1n) is 9.23. The van der Waals surface area contributed by atoms with Crippen LogP contribution in [0.2, 0.25) is 19.6 Å². The van der Waals surface area contributed by atoms with E-state index in [1.165, 1.54) is 39.1 Å². The lowest BCUT2D eigenvalue weighted by atomic mass is 9.92. The Labute approximate surface area is 153 Å². The summed E-state index contributed by atoms with van der Waals surface area (Å²) in [5, 5.41) is 2.66. The van der Waals surface area contributed by atoms with Crippen LogP contribution in [-0.4, -0.2) is 13.1 Å². The zero-order chi connectivity index (χ0) is 18.2. The molecule has 0 radical (unpaired) electrons. The number of benzene rings is 2. The monoisotopic (exact) mass is 347 g/mol. The third-order valence-corrected chi connectivity index (χ3v) is 6.19. The van der Waals surface area contributed by atoms with E-state index in [2.05, 4.69) is 89.1 Å². The van der Waals surface area contributed by atoms with Crippen LogP contribution in [0.5, 0.6) is 0 Å². The zero-order valence-electron chi connectivity index (χ0n) is 16.4. The summed E-state index contributed by atoms with van der Waals surface area (Å²) >= 11 is 0. The molecule has 130 valence electrons. The largest absolute Gasteiger partial charge is 0.256 e. The van der Waals surface area contributed by atoms with Gasteiger partial charge < -0.3 is 0 Å². The Morgan fingerprint density at radius 1 is 1.00 bits per heavy atom. The predicted molar refractivity (Wildman–Crippen MR) is 113 cm³/mol. The van der Waals surface area contributed by atoms with Crippen molar-refractivity contribution in [3.05, 3.63) is 65.4 Å². The Morgan fingerprint density at radius 3 is 2.40 bits per heavy atom. The lowest BCUT2D eigenvalue weighted by Gasteiger charge is -2.18. The lowest BCUT2D eigenvalue weighted by Crippen LogP contribution is -2.24. The molecule has 2 aromatic carbocycles. The molecule has 0 aliphatic heterocycles. The van der Waals surface area contributed by atoms with Crippen molar-refractivity contribution < 1.29 is 0 Å². The van der Waals surface area contributed by atoms with Gasteiger partial charge in [-0.15, -0.1) is 0 Å². The summed E-state index contributed by atoms with van der Waals surface area (Å²) in [5.74, 6) is 0.497. The summed E-state index contributed by atoms with van der Waals surface area (Å²) in [5.41, 5.74) is 6.52. The summed E-state index contributed by atoms with van der Waals surface area (Å²) in [7, 11) is -1.15. The normalized spacial score (nSPS) is 12.1. The highest BCUT2D eigenvalue weighted by molar-refractivity contribution is 6.75. The molecule has 1 heterocycles. The topological polar surface area (TPSA) is 12.9 Å². The minimum Gasteiger partial charge on any atom is -0.256 e. The van der Waals surface area contributed by atoms with Gasteiger partial charge in [0.25, 0.3) is 0 Å². The van der Waals surface area contributed by atoms with E-state index in [0.29, 0.717) is 5.92 Å². The van der Waals surface area contributed by atoms with Crippen molar-refractivity contribution in [2.24, 2.45) is 0 Å². The third kappa shape index (κ3) is 4.01. The first kappa shape index (κ1) is 17.9. The van der Waals surface area contributed by atoms with Crippen LogP contribution in [0.4, 0.5) is 0 Å². The number of hydrogen-bond acceptors (Lipinski definition) is 1. The summed E-state index contributed by atoms with van der Waals surface area (Å²) in [6.45, 7) is 14.0. The van der Waals surface area contributed by atoms with Gasteiger partial charge in [-0.25, -0.2) is 0 Å². The van der Waals surface area contributed by atoms with E-state index in [-0.39, 0.29) is 0 Å². The molecule has 0 aliphatic rings. The van der Waals surface area contributed by atoms with Gasteiger partial charge in [-0.3, -0.25) is 4.98 Å². The van der Waals surface area contributed by atoms with E-state index in [1.807, 2.05) is 0 Å². The van der Waals surface area contributed by atoms with Gasteiger partial charge >= 0.3 is 0 Å². The second-order valence-electron chi connectivity index (χ2n) is 8.67. The molecule has 1 nitrogen and oxygen atoms in total. The van der Waals surface area contributed by atoms with Gasteiger partial charge in [-0.2, -0.15) is 0 Å². The summed E-state index contributed by atoms with van der Waals surface area (Å²) < 4.78 is 0. The van der Waals surface area contributed by atoms with Crippen LogP contribution < -0.4 is 0 Å². The standard InChI is InChI=1S/C23H29NSi/c1-16(2)22-12-19(11-18-9-7-8-10-21(18)22)23-13-20(15-25(4,5)6)17(3)14-24-23/h7-14,16H,15H2,1-6H3. The second-order valence-corrected chi connectivity index (χ2v) is 14.1. The first-order chi connectivity index (χ1) is 11.7. The number of fused-ring (bicyclic) bond motifs is 1. The molecule has 25 heavy (non-hydrogen) atoms. The molecule has 0 amide bonds. The fourth-order valence-corrected chi connectivity index (χ4v) is 4.97. The fraction of sp³-hybridized carbons (Fsp3) is 0.348. The van der Waals surface area contributed by atoms with Crippen LogP contribution in [0.1, 0.15) is 36.5 Å². The first-order valence-corrected chi connectivity index (χ1v) is 12.9. The summed E-state index contributed by atoms with van der Waals surface area (Å²) in [4.78, 5) is 4.76. The number of aryl methyl sites for hydroxylation is 1. The van der Waals surface area contributed by atoms with Gasteiger partial charge in [0, 0.05) is 19.8 Å². The summed E-state index contributed by atoms with van der Waals surface area (Å²) in [6.07, 6.45) is 2.05. The molecular formula is C23H29NSi. The molecule has 0 saturated heterocycles. The number of aromatic nitrogens is 1. The molecule has 0 atom stereocenters. The van der Waals surface area contributed by atoms with Crippen LogP contribution in [0.3, 0.4) is 0 Å². The van der Waals surface area contributed by atoms with Gasteiger partial charge in [0.15, 0.2) is 0 Å². The lowest BCUT2D eigenvalue weighted by molar-refractivity contribution is 0.876. The van der Waals surface area contributed by atoms with E-state index in [4.69, 9.17) is 4.98 Å². The average molecular weight is 348 g/mol. The van der Waals surface area contributed by atoms with Crippen molar-refractivity contribution in [3.8, 4) is 11.3 Å². The molecule has 0 saturated carbocycles. The molecule has 3 rings (SSSR count). The number of hydrogen-bond donors (Lipinski definition) is 0. The summed E-state index contributed by atoms with van der Waals surface area (Å²) in [6, 6.07) is 16.8. The highest BCUT2D eigenvalue weighted by Crippen LogP contribution is 2.32. The number of nitrogens with zero attached hydrogens (tertiary/aromatic N) is 1. The minimum atomic E-state index is -1.15. The van der Waals surface area contributed by atoms with Crippen molar-refractivity contribution >= 4 is 18.8 Å². The fourth-order valence-electron chi connectivity index (χ4n) is 3.45. The number of rotatable bonds is 4. The second kappa shape index (κ2) is 6.76. The van der Waals surface area contributed by atoms with E-state index >= 15 is 0 Å². The van der Waals surface area contributed by atoms with Gasteiger partial charge in [-0.05, 0) is 64.5 Å². The van der Waals surface area contributed by atoms with Crippen molar-refractivity contribution in [3.63, 3.8) is 0 Å². The Balaban J connectivity index is 2.15. The van der Waals surface area contributed by atoms with Crippen LogP contribution in [-0.2, 0) is 6.04 Å². The van der Waals surface area contributed by atoms with Crippen molar-refractivity contribution in [2.45, 2.75) is 52.4 Å². The molecule has 0 bridgehead atoms. The van der Waals surface area contributed by atoms with Gasteiger partial charge in [0.2, 0.25) is 0 Å². The molecule has 2 heteroatoms. The Morgan fingerprint density at radius 2 is 1.72 bits per heavy atom. The maximum absolute atomic E-state index is 4.76. The van der Waals surface area contributed by atoms with Crippen LogP contribution in [0, 0.1) is 6.92 Å². The molecule has 3 aromatic rings. The van der Waals surface area contributed by atoms with E-state index in [1.54, 1.807) is 0 Å². The van der Waals surface area contributed by atoms with Crippen LogP contribution in [0.25, 0.3) is 22.0 Å². The highest BCUT2D eigenvalue weighted by Gasteiger charge is 2.17. The SMILES string of the molecule is Cc1cnc(-c2cc(C(C)C)c3ccccc3c2)cc1C[Si](C)(C)C. The van der Waals surface area contributed by atoms with Gasteiger partial charge in [0.1, 0.15) is 0 Å². The minimum absolute atomic E-state index is 0.497. The molecule has 0 aliphatic carbocycles. The Hall–Kier alpha value is -1.93. The molecule has 0 unspecified atom stereocenters. The van der Waals surface area contributed by atoms with Crippen molar-refractivity contribution in [1.82, 2.24) is 4.98 Å². The molecular weight excluding hydrogens is 318 g/mol. The predicted octanol–water partition coefficient (Wildman–Crippen LogP) is 6.75. The Kier molecular flexibility index (Phi) is 4.83. The van der Waals surface area contributed by atoms with Gasteiger partial charge in [0.05, 0.1) is 5.69 Å². The van der Waals surface area contributed by atoms with E-state index in [9.17, 15) is 0 Å². The van der Waals surface area contributed by atoms with Crippen molar-refractivity contribution in [2.75, 3.05) is 0 Å². The molecule has 0 spiro atoms. The van der Waals surface area contributed by atoms with E-state index in [0.717, 1.165) is 5.69 Å².